The largest absolute Gasteiger partial charge is 0.480 e. The van der Waals surface area contributed by atoms with Crippen LogP contribution in [-0.2, 0) is 0 Å². The molecule has 0 saturated heterocycles. The van der Waals surface area contributed by atoms with E-state index in [4.69, 9.17) is 4.74 Å². The third-order valence-electron chi connectivity index (χ3n) is 4.76. The normalized spacial score (nSPS) is 19.5. The van der Waals surface area contributed by atoms with Gasteiger partial charge in [0.2, 0.25) is 11.8 Å². The molecule has 0 atom stereocenters. The Hall–Kier alpha value is -2.48. The lowest BCUT2D eigenvalue weighted by Crippen LogP contribution is -2.29. The molecular formula is C19H28N6O2. The number of nitrogens with one attached hydrogen (secondary N) is 2. The van der Waals surface area contributed by atoms with Gasteiger partial charge >= 0.3 is 0 Å². The first-order chi connectivity index (χ1) is 13.2. The average Bonchev–Trinajstić information content (AvgIpc) is 2.70. The lowest BCUT2D eigenvalue weighted by Gasteiger charge is -2.27. The van der Waals surface area contributed by atoms with Crippen LogP contribution in [0.3, 0.4) is 0 Å². The number of aliphatic hydroxyl groups is 1. The SMILES string of the molecule is CCCCNc1ncc(-c2ccc(OC)nn2)c(NC2CCC(O)CC2)n1. The molecule has 0 bridgehead atoms. The predicted octanol–water partition coefficient (Wildman–Crippen LogP) is 2.87. The van der Waals surface area contributed by atoms with E-state index >= 15 is 0 Å². The molecule has 2 aromatic rings. The van der Waals surface area contributed by atoms with Crippen molar-refractivity contribution in [1.82, 2.24) is 20.2 Å². The van der Waals surface area contributed by atoms with Crippen molar-refractivity contribution < 1.29 is 9.84 Å². The summed E-state index contributed by atoms with van der Waals surface area (Å²) in [7, 11) is 1.56. The van der Waals surface area contributed by atoms with Gasteiger partial charge in [0, 0.05) is 24.8 Å². The van der Waals surface area contributed by atoms with Crippen LogP contribution >= 0.6 is 0 Å². The molecule has 0 amide bonds. The van der Waals surface area contributed by atoms with Crippen molar-refractivity contribution in [3.63, 3.8) is 0 Å². The van der Waals surface area contributed by atoms with E-state index in [0.717, 1.165) is 56.5 Å². The topological polar surface area (TPSA) is 105 Å². The van der Waals surface area contributed by atoms with Crippen molar-refractivity contribution >= 4 is 11.8 Å². The number of ether oxygens (including phenoxy) is 1. The summed E-state index contributed by atoms with van der Waals surface area (Å²) >= 11 is 0. The predicted molar refractivity (Wildman–Crippen MR) is 105 cm³/mol. The second-order valence-electron chi connectivity index (χ2n) is 6.85. The highest BCUT2D eigenvalue weighted by molar-refractivity contribution is 5.72. The van der Waals surface area contributed by atoms with Gasteiger partial charge in [-0.25, -0.2) is 4.98 Å². The molecule has 0 radical (unpaired) electrons. The molecule has 0 spiro atoms. The Morgan fingerprint density at radius 2 is 2.00 bits per heavy atom. The van der Waals surface area contributed by atoms with Gasteiger partial charge < -0.3 is 20.5 Å². The van der Waals surface area contributed by atoms with Crippen LogP contribution in [0, 0.1) is 0 Å². The summed E-state index contributed by atoms with van der Waals surface area (Å²) in [6, 6.07) is 3.90. The molecule has 2 aromatic heterocycles. The molecule has 0 aliphatic heterocycles. The number of nitrogens with zero attached hydrogens (tertiary/aromatic N) is 4. The van der Waals surface area contributed by atoms with E-state index in [1.807, 2.05) is 6.07 Å². The van der Waals surface area contributed by atoms with Crippen molar-refractivity contribution in [2.75, 3.05) is 24.3 Å². The Morgan fingerprint density at radius 3 is 2.67 bits per heavy atom. The molecule has 8 nitrogen and oxygen atoms in total. The number of rotatable bonds is 8. The Kier molecular flexibility index (Phi) is 6.75. The van der Waals surface area contributed by atoms with E-state index in [-0.39, 0.29) is 12.1 Å². The fourth-order valence-electron chi connectivity index (χ4n) is 3.13. The highest BCUT2D eigenvalue weighted by Gasteiger charge is 2.21. The molecule has 3 N–H and O–H groups in total. The lowest BCUT2D eigenvalue weighted by molar-refractivity contribution is 0.126. The van der Waals surface area contributed by atoms with E-state index in [2.05, 4.69) is 37.7 Å². The summed E-state index contributed by atoms with van der Waals surface area (Å²) in [6.45, 7) is 2.99. The van der Waals surface area contributed by atoms with Gasteiger partial charge in [0.05, 0.1) is 24.5 Å². The van der Waals surface area contributed by atoms with E-state index in [1.165, 1.54) is 0 Å². The average molecular weight is 372 g/mol. The lowest BCUT2D eigenvalue weighted by atomic mass is 9.93. The Balaban J connectivity index is 1.83. The maximum Gasteiger partial charge on any atom is 0.233 e. The first-order valence-electron chi connectivity index (χ1n) is 9.63. The van der Waals surface area contributed by atoms with Gasteiger partial charge in [-0.1, -0.05) is 13.3 Å². The molecule has 1 aliphatic rings. The van der Waals surface area contributed by atoms with E-state index in [9.17, 15) is 5.11 Å². The van der Waals surface area contributed by atoms with Gasteiger partial charge in [-0.15, -0.1) is 10.2 Å². The van der Waals surface area contributed by atoms with Crippen LogP contribution in [0.15, 0.2) is 18.3 Å². The number of anilines is 2. The van der Waals surface area contributed by atoms with Crippen LogP contribution in [-0.4, -0.2) is 51.1 Å². The molecule has 3 rings (SSSR count). The standard InChI is InChI=1S/C19H28N6O2/c1-3-4-11-20-19-21-12-15(16-9-10-17(27-2)25-24-16)18(23-19)22-13-5-7-14(26)8-6-13/h9-10,12-14,26H,3-8,11H2,1-2H3,(H2,20,21,22,23). The summed E-state index contributed by atoms with van der Waals surface area (Å²) in [5, 5.41) is 24.8. The molecule has 1 fully saturated rings. The highest BCUT2D eigenvalue weighted by Crippen LogP contribution is 2.29. The second kappa shape index (κ2) is 9.45. The Morgan fingerprint density at radius 1 is 1.19 bits per heavy atom. The first-order valence-corrected chi connectivity index (χ1v) is 9.63. The number of aromatic nitrogens is 4. The molecule has 0 aromatic carbocycles. The molecular weight excluding hydrogens is 344 g/mol. The fourth-order valence-corrected chi connectivity index (χ4v) is 3.13. The second-order valence-corrected chi connectivity index (χ2v) is 6.85. The van der Waals surface area contributed by atoms with Crippen molar-refractivity contribution in [3.05, 3.63) is 18.3 Å². The molecule has 1 aliphatic carbocycles. The first kappa shape index (κ1) is 19.3. The van der Waals surface area contributed by atoms with Crippen molar-refractivity contribution in [1.29, 1.82) is 0 Å². The number of hydrogen-bond donors (Lipinski definition) is 3. The third kappa shape index (κ3) is 5.26. The van der Waals surface area contributed by atoms with E-state index in [0.29, 0.717) is 17.5 Å². The summed E-state index contributed by atoms with van der Waals surface area (Å²) in [5.41, 5.74) is 1.49. The van der Waals surface area contributed by atoms with Gasteiger partial charge in [0.15, 0.2) is 0 Å². The number of unbranched alkanes of at least 4 members (excludes halogenated alkanes) is 1. The molecule has 27 heavy (non-hydrogen) atoms. The molecule has 8 heteroatoms. The van der Waals surface area contributed by atoms with Gasteiger partial charge in [-0.05, 0) is 38.2 Å². The third-order valence-corrected chi connectivity index (χ3v) is 4.76. The smallest absolute Gasteiger partial charge is 0.233 e. The summed E-state index contributed by atoms with van der Waals surface area (Å²) in [4.78, 5) is 9.12. The molecule has 1 saturated carbocycles. The maximum atomic E-state index is 9.75. The van der Waals surface area contributed by atoms with Crippen LogP contribution in [0.1, 0.15) is 45.4 Å². The van der Waals surface area contributed by atoms with Crippen molar-refractivity contribution in [2.24, 2.45) is 0 Å². The summed E-state index contributed by atoms with van der Waals surface area (Å²) in [5.74, 6) is 1.81. The zero-order chi connectivity index (χ0) is 19.1. The quantitative estimate of drug-likeness (QED) is 0.608. The Bertz CT molecular complexity index is 717. The zero-order valence-electron chi connectivity index (χ0n) is 16.0. The van der Waals surface area contributed by atoms with Gasteiger partial charge in [-0.2, -0.15) is 4.98 Å². The van der Waals surface area contributed by atoms with Crippen LogP contribution in [0.2, 0.25) is 0 Å². The fraction of sp³-hybridized carbons (Fsp3) is 0.579. The highest BCUT2D eigenvalue weighted by atomic mass is 16.5. The van der Waals surface area contributed by atoms with E-state index in [1.54, 1.807) is 19.4 Å². The zero-order valence-corrected chi connectivity index (χ0v) is 16.0. The molecule has 146 valence electrons. The number of methoxy groups -OCH3 is 1. The van der Waals surface area contributed by atoms with Crippen LogP contribution < -0.4 is 15.4 Å². The van der Waals surface area contributed by atoms with Crippen LogP contribution in [0.4, 0.5) is 11.8 Å². The van der Waals surface area contributed by atoms with Gasteiger partial charge in [0.25, 0.3) is 0 Å². The van der Waals surface area contributed by atoms with Crippen molar-refractivity contribution in [2.45, 2.75) is 57.6 Å². The monoisotopic (exact) mass is 372 g/mol. The number of hydrogen-bond acceptors (Lipinski definition) is 8. The maximum absolute atomic E-state index is 9.75. The minimum atomic E-state index is -0.188. The van der Waals surface area contributed by atoms with Gasteiger partial charge in [0.1, 0.15) is 5.82 Å². The molecule has 0 unspecified atom stereocenters. The van der Waals surface area contributed by atoms with E-state index < -0.39 is 0 Å². The van der Waals surface area contributed by atoms with Crippen LogP contribution in [0.5, 0.6) is 5.88 Å². The minimum absolute atomic E-state index is 0.188. The summed E-state index contributed by atoms with van der Waals surface area (Å²) < 4.78 is 5.09. The molecule has 2 heterocycles. The number of aliphatic hydroxyl groups excluding tert-OH is 1. The van der Waals surface area contributed by atoms with Crippen molar-refractivity contribution in [3.8, 4) is 17.1 Å². The Labute approximate surface area is 159 Å². The van der Waals surface area contributed by atoms with Gasteiger partial charge in [-0.3, -0.25) is 0 Å². The summed E-state index contributed by atoms with van der Waals surface area (Å²) in [6.07, 6.45) is 7.21. The van der Waals surface area contributed by atoms with Crippen LogP contribution in [0.25, 0.3) is 11.3 Å². The minimum Gasteiger partial charge on any atom is -0.480 e.